The molecule has 0 saturated carbocycles. The molecule has 0 amide bonds. The summed E-state index contributed by atoms with van der Waals surface area (Å²) >= 11 is 0. The second-order valence-corrected chi connectivity index (χ2v) is 5.07. The van der Waals surface area contributed by atoms with Crippen molar-refractivity contribution in [1.82, 2.24) is 0 Å². The molecule has 0 aromatic heterocycles. The Morgan fingerprint density at radius 1 is 0.958 bits per heavy atom. The number of phenolic OH excluding ortho intramolecular Hbond substituents is 1. The Labute approximate surface area is 139 Å². The number of benzene rings is 2. The minimum absolute atomic E-state index is 0.00401. The molecule has 0 radical (unpaired) electrons. The maximum atomic E-state index is 12.1. The number of ketones is 1. The van der Waals surface area contributed by atoms with Crippen LogP contribution in [0.1, 0.15) is 26.3 Å². The molecule has 0 bridgehead atoms. The van der Waals surface area contributed by atoms with E-state index in [2.05, 4.69) is 0 Å². The number of Topliss-reactive ketones (excluding diaryl/α,β-unsaturated/α-hetero) is 1. The third-order valence-corrected chi connectivity index (χ3v) is 3.48. The highest BCUT2D eigenvalue weighted by molar-refractivity contribution is 5.99. The fourth-order valence-corrected chi connectivity index (χ4v) is 2.04. The molecule has 2 rings (SSSR count). The predicted molar refractivity (Wildman–Crippen MR) is 87.0 cm³/mol. The predicted octanol–water partition coefficient (Wildman–Crippen LogP) is 2.76. The van der Waals surface area contributed by atoms with Gasteiger partial charge in [0, 0.05) is 5.56 Å². The summed E-state index contributed by atoms with van der Waals surface area (Å²) in [7, 11) is 2.97. The van der Waals surface area contributed by atoms with Crippen LogP contribution in [0, 0.1) is 6.92 Å². The molecule has 0 saturated heterocycles. The van der Waals surface area contributed by atoms with Gasteiger partial charge in [0.2, 0.25) is 0 Å². The molecule has 2 aromatic rings. The number of aromatic hydroxyl groups is 1. The van der Waals surface area contributed by atoms with Gasteiger partial charge in [0.25, 0.3) is 0 Å². The van der Waals surface area contributed by atoms with Crippen LogP contribution in [0.4, 0.5) is 0 Å². The van der Waals surface area contributed by atoms with E-state index >= 15 is 0 Å². The van der Waals surface area contributed by atoms with Gasteiger partial charge in [-0.2, -0.15) is 0 Å². The third-order valence-electron chi connectivity index (χ3n) is 3.48. The van der Waals surface area contributed by atoms with E-state index in [1.807, 2.05) is 0 Å². The molecule has 0 spiro atoms. The van der Waals surface area contributed by atoms with Crippen LogP contribution in [0.2, 0.25) is 0 Å². The number of carbonyl (C=O) groups excluding carboxylic acids is 2. The topological polar surface area (TPSA) is 82.1 Å². The lowest BCUT2D eigenvalue weighted by molar-refractivity contribution is 0.0474. The number of methoxy groups -OCH3 is 2. The molecule has 6 nitrogen and oxygen atoms in total. The van der Waals surface area contributed by atoms with Crippen molar-refractivity contribution in [3.8, 4) is 17.2 Å². The molecular weight excluding hydrogens is 312 g/mol. The van der Waals surface area contributed by atoms with E-state index in [0.29, 0.717) is 22.6 Å². The zero-order chi connectivity index (χ0) is 17.7. The number of phenols is 1. The standard InChI is InChI=1S/C18H18O6/c1-11-4-5-13(8-14(11)19)18(21)24-10-15(20)12-6-7-16(22-2)17(9-12)23-3/h4-9,19H,10H2,1-3H3. The molecule has 0 fully saturated rings. The summed E-state index contributed by atoms with van der Waals surface area (Å²) in [5.74, 6) is -0.144. The smallest absolute Gasteiger partial charge is 0.338 e. The molecule has 24 heavy (non-hydrogen) atoms. The van der Waals surface area contributed by atoms with Crippen molar-refractivity contribution in [2.45, 2.75) is 6.92 Å². The molecule has 1 N–H and O–H groups in total. The molecule has 0 aliphatic rings. The molecule has 0 aliphatic heterocycles. The summed E-state index contributed by atoms with van der Waals surface area (Å²) in [6.07, 6.45) is 0. The zero-order valence-electron chi connectivity index (χ0n) is 13.7. The Morgan fingerprint density at radius 3 is 2.25 bits per heavy atom. The van der Waals surface area contributed by atoms with E-state index in [9.17, 15) is 14.7 Å². The van der Waals surface area contributed by atoms with E-state index in [0.717, 1.165) is 0 Å². The van der Waals surface area contributed by atoms with Crippen molar-refractivity contribution >= 4 is 11.8 Å². The van der Waals surface area contributed by atoms with Crippen molar-refractivity contribution in [1.29, 1.82) is 0 Å². The van der Waals surface area contributed by atoms with E-state index in [1.54, 1.807) is 25.1 Å². The minimum Gasteiger partial charge on any atom is -0.508 e. The Kier molecular flexibility index (Phi) is 5.42. The minimum atomic E-state index is -0.681. The molecule has 6 heteroatoms. The Bertz CT molecular complexity index is 766. The van der Waals surface area contributed by atoms with Gasteiger partial charge in [0.1, 0.15) is 5.75 Å². The monoisotopic (exact) mass is 330 g/mol. The highest BCUT2D eigenvalue weighted by Gasteiger charge is 2.15. The van der Waals surface area contributed by atoms with Gasteiger partial charge in [-0.1, -0.05) is 6.07 Å². The van der Waals surface area contributed by atoms with Crippen molar-refractivity contribution in [3.05, 3.63) is 53.1 Å². The summed E-state index contributed by atoms with van der Waals surface area (Å²) in [6.45, 7) is 1.30. The number of ether oxygens (including phenoxy) is 3. The van der Waals surface area contributed by atoms with Gasteiger partial charge in [-0.3, -0.25) is 4.79 Å². The van der Waals surface area contributed by atoms with Gasteiger partial charge >= 0.3 is 5.97 Å². The fraction of sp³-hybridized carbons (Fsp3) is 0.222. The number of hydrogen-bond acceptors (Lipinski definition) is 6. The van der Waals surface area contributed by atoms with Crippen molar-refractivity contribution in [2.75, 3.05) is 20.8 Å². The van der Waals surface area contributed by atoms with Crippen LogP contribution in [-0.4, -0.2) is 37.7 Å². The van der Waals surface area contributed by atoms with Crippen LogP contribution < -0.4 is 9.47 Å². The first kappa shape index (κ1) is 17.3. The van der Waals surface area contributed by atoms with E-state index in [1.165, 1.54) is 32.4 Å². The molecule has 0 aliphatic carbocycles. The number of carbonyl (C=O) groups is 2. The van der Waals surface area contributed by atoms with Crippen molar-refractivity contribution in [2.24, 2.45) is 0 Å². The molecule has 0 atom stereocenters. The van der Waals surface area contributed by atoms with Crippen LogP contribution in [0.15, 0.2) is 36.4 Å². The van der Waals surface area contributed by atoms with Crippen LogP contribution in [0.3, 0.4) is 0 Å². The lowest BCUT2D eigenvalue weighted by atomic mass is 10.1. The van der Waals surface area contributed by atoms with Gasteiger partial charge in [0.15, 0.2) is 23.9 Å². The zero-order valence-corrected chi connectivity index (χ0v) is 13.7. The summed E-state index contributed by atoms with van der Waals surface area (Å²) in [6, 6.07) is 9.12. The number of hydrogen-bond donors (Lipinski definition) is 1. The van der Waals surface area contributed by atoms with E-state index < -0.39 is 12.6 Å². The summed E-state index contributed by atoms with van der Waals surface area (Å²) in [5, 5.41) is 9.61. The van der Waals surface area contributed by atoms with Crippen molar-refractivity contribution < 1.29 is 28.9 Å². The average Bonchev–Trinajstić information content (AvgIpc) is 2.60. The molecule has 0 unspecified atom stereocenters. The average molecular weight is 330 g/mol. The largest absolute Gasteiger partial charge is 0.508 e. The highest BCUT2D eigenvalue weighted by atomic mass is 16.5. The molecule has 126 valence electrons. The van der Waals surface area contributed by atoms with E-state index in [-0.39, 0.29) is 17.1 Å². The second-order valence-electron chi connectivity index (χ2n) is 5.07. The Morgan fingerprint density at radius 2 is 1.62 bits per heavy atom. The van der Waals surface area contributed by atoms with Crippen LogP contribution in [0.5, 0.6) is 17.2 Å². The van der Waals surface area contributed by atoms with Crippen LogP contribution in [-0.2, 0) is 4.74 Å². The summed E-state index contributed by atoms with van der Waals surface area (Å²) < 4.78 is 15.2. The van der Waals surface area contributed by atoms with Gasteiger partial charge in [0.05, 0.1) is 19.8 Å². The first-order chi connectivity index (χ1) is 11.5. The Hall–Kier alpha value is -3.02. The fourth-order valence-electron chi connectivity index (χ4n) is 2.04. The van der Waals surface area contributed by atoms with Gasteiger partial charge < -0.3 is 19.3 Å². The van der Waals surface area contributed by atoms with Gasteiger partial charge in [-0.05, 0) is 42.8 Å². The highest BCUT2D eigenvalue weighted by Crippen LogP contribution is 2.27. The maximum Gasteiger partial charge on any atom is 0.338 e. The van der Waals surface area contributed by atoms with Gasteiger partial charge in [-0.25, -0.2) is 4.79 Å². The molecule has 2 aromatic carbocycles. The number of esters is 1. The Balaban J connectivity index is 2.04. The third kappa shape index (κ3) is 3.84. The maximum absolute atomic E-state index is 12.1. The second kappa shape index (κ2) is 7.50. The van der Waals surface area contributed by atoms with Crippen LogP contribution >= 0.6 is 0 Å². The summed E-state index contributed by atoms with van der Waals surface area (Å²) in [5.41, 5.74) is 1.17. The normalized spacial score (nSPS) is 10.1. The first-order valence-electron chi connectivity index (χ1n) is 7.18. The first-order valence-corrected chi connectivity index (χ1v) is 7.18. The van der Waals surface area contributed by atoms with Crippen LogP contribution in [0.25, 0.3) is 0 Å². The lowest BCUT2D eigenvalue weighted by Crippen LogP contribution is -2.14. The van der Waals surface area contributed by atoms with Crippen molar-refractivity contribution in [3.63, 3.8) is 0 Å². The quantitative estimate of drug-likeness (QED) is 0.648. The number of aryl methyl sites for hydroxylation is 1. The molecule has 0 heterocycles. The lowest BCUT2D eigenvalue weighted by Gasteiger charge is -2.09. The van der Waals surface area contributed by atoms with E-state index in [4.69, 9.17) is 14.2 Å². The number of rotatable bonds is 6. The van der Waals surface area contributed by atoms with Gasteiger partial charge in [-0.15, -0.1) is 0 Å². The summed E-state index contributed by atoms with van der Waals surface area (Å²) in [4.78, 5) is 24.1. The molecular formula is C18H18O6. The SMILES string of the molecule is COc1ccc(C(=O)COC(=O)c2ccc(C)c(O)c2)cc1OC.